The number of nitrogens with zero attached hydrogens (tertiary/aromatic N) is 2. The molecule has 0 spiro atoms. The lowest BCUT2D eigenvalue weighted by Crippen LogP contribution is -2.05. The molecule has 0 saturated carbocycles. The summed E-state index contributed by atoms with van der Waals surface area (Å²) in [4.78, 5) is 8.49. The molecule has 0 aliphatic heterocycles. The number of nitrogen functional groups attached to an aromatic ring is 1. The minimum atomic E-state index is 0.471. The van der Waals surface area contributed by atoms with Crippen LogP contribution in [0, 0.1) is 0 Å². The van der Waals surface area contributed by atoms with Crippen molar-refractivity contribution in [3.05, 3.63) is 64.9 Å². The number of aromatic nitrogens is 2. The molecule has 0 fully saturated rings. The van der Waals surface area contributed by atoms with E-state index < -0.39 is 0 Å². The second kappa shape index (κ2) is 7.53. The fourth-order valence-electron chi connectivity index (χ4n) is 2.35. The van der Waals surface area contributed by atoms with E-state index in [0.29, 0.717) is 23.2 Å². The fourth-order valence-corrected chi connectivity index (χ4v) is 2.62. The summed E-state index contributed by atoms with van der Waals surface area (Å²) >= 11 is 3.42. The molecule has 0 aliphatic carbocycles. The van der Waals surface area contributed by atoms with Gasteiger partial charge in [-0.05, 0) is 47.9 Å². The normalized spacial score (nSPS) is 10.7. The predicted molar refractivity (Wildman–Crippen MR) is 108 cm³/mol. The maximum absolute atomic E-state index is 6.23. The summed E-state index contributed by atoms with van der Waals surface area (Å²) in [6.45, 7) is 4.34. The van der Waals surface area contributed by atoms with Gasteiger partial charge in [0.15, 0.2) is 11.6 Å². The van der Waals surface area contributed by atoms with E-state index in [1.807, 2.05) is 36.4 Å². The number of halogens is 1. The van der Waals surface area contributed by atoms with Gasteiger partial charge >= 0.3 is 0 Å². The van der Waals surface area contributed by atoms with Crippen molar-refractivity contribution in [1.29, 1.82) is 0 Å². The Hall–Kier alpha value is -2.60. The average molecular weight is 398 g/mol. The van der Waals surface area contributed by atoms with Gasteiger partial charge in [0.05, 0.1) is 0 Å². The van der Waals surface area contributed by atoms with Crippen molar-refractivity contribution in [2.24, 2.45) is 0 Å². The number of nitrogens with one attached hydrogen (secondary N) is 2. The molecule has 4 N–H and O–H groups in total. The Morgan fingerprint density at radius 2 is 1.32 bits per heavy atom. The molecule has 128 valence electrons. The van der Waals surface area contributed by atoms with Crippen LogP contribution in [0.15, 0.2) is 59.3 Å². The smallest absolute Gasteiger partial charge is 0.159 e. The van der Waals surface area contributed by atoms with Crippen molar-refractivity contribution in [1.82, 2.24) is 9.97 Å². The first kappa shape index (κ1) is 17.2. The summed E-state index contributed by atoms with van der Waals surface area (Å²) in [7, 11) is 0. The van der Waals surface area contributed by atoms with Gasteiger partial charge in [-0.3, -0.25) is 0 Å². The lowest BCUT2D eigenvalue weighted by molar-refractivity contribution is 0.867. The number of rotatable bonds is 5. The molecule has 0 unspecified atom stereocenters. The van der Waals surface area contributed by atoms with Crippen molar-refractivity contribution >= 4 is 44.6 Å². The number of anilines is 5. The van der Waals surface area contributed by atoms with Crippen LogP contribution in [-0.2, 0) is 0 Å². The number of benzene rings is 2. The zero-order valence-corrected chi connectivity index (χ0v) is 15.7. The minimum Gasteiger partial charge on any atom is -0.393 e. The Morgan fingerprint density at radius 1 is 0.840 bits per heavy atom. The second-order valence-electron chi connectivity index (χ2n) is 6.02. The molecule has 5 nitrogen and oxygen atoms in total. The van der Waals surface area contributed by atoms with Crippen LogP contribution in [0.4, 0.5) is 28.7 Å². The molecule has 0 atom stereocenters. The molecule has 0 radical (unpaired) electrons. The lowest BCUT2D eigenvalue weighted by Gasteiger charge is -2.13. The van der Waals surface area contributed by atoms with Gasteiger partial charge in [0, 0.05) is 15.8 Å². The van der Waals surface area contributed by atoms with E-state index in [4.69, 9.17) is 5.73 Å². The third kappa shape index (κ3) is 4.28. The van der Waals surface area contributed by atoms with Crippen LogP contribution in [-0.4, -0.2) is 9.97 Å². The van der Waals surface area contributed by atoms with Crippen LogP contribution < -0.4 is 16.4 Å². The molecule has 6 heteroatoms. The zero-order valence-electron chi connectivity index (χ0n) is 14.1. The largest absolute Gasteiger partial charge is 0.393 e. The van der Waals surface area contributed by atoms with Gasteiger partial charge in [-0.25, -0.2) is 9.97 Å². The number of hydrogen-bond donors (Lipinski definition) is 3. The molecular weight excluding hydrogens is 378 g/mol. The van der Waals surface area contributed by atoms with E-state index in [-0.39, 0.29) is 0 Å². The highest BCUT2D eigenvalue weighted by atomic mass is 79.9. The molecular formula is C19H20BrN5. The summed E-state index contributed by atoms with van der Waals surface area (Å²) in [5.74, 6) is 1.64. The van der Waals surface area contributed by atoms with Gasteiger partial charge in [0.25, 0.3) is 0 Å². The lowest BCUT2D eigenvalue weighted by atomic mass is 10.0. The van der Waals surface area contributed by atoms with Crippen molar-refractivity contribution in [3.8, 4) is 0 Å². The molecule has 3 aromatic rings. The van der Waals surface area contributed by atoms with Crippen LogP contribution in [0.1, 0.15) is 25.3 Å². The summed E-state index contributed by atoms with van der Waals surface area (Å²) in [5.41, 5.74) is 9.83. The quantitative estimate of drug-likeness (QED) is 0.534. The predicted octanol–water partition coefficient (Wildman–Crippen LogP) is 5.43. The van der Waals surface area contributed by atoms with Gasteiger partial charge in [0.2, 0.25) is 0 Å². The van der Waals surface area contributed by atoms with E-state index >= 15 is 0 Å². The standard InChI is InChI=1S/C19H20BrN5/c1-12(2)13-3-7-15(8-4-13)24-18-17(21)19(23-11-22-18)25-16-9-5-14(20)6-10-16/h3-12H,21H2,1-2H3,(H2,22,23,24,25). The highest BCUT2D eigenvalue weighted by Gasteiger charge is 2.09. The molecule has 3 rings (SSSR count). The summed E-state index contributed by atoms with van der Waals surface area (Å²) < 4.78 is 1.01. The van der Waals surface area contributed by atoms with Gasteiger partial charge in [-0.1, -0.05) is 41.9 Å². The van der Waals surface area contributed by atoms with Crippen LogP contribution in [0.25, 0.3) is 0 Å². The van der Waals surface area contributed by atoms with Gasteiger partial charge in [-0.15, -0.1) is 0 Å². The summed E-state index contributed by atoms with van der Waals surface area (Å²) in [5, 5.41) is 6.46. The fraction of sp³-hybridized carbons (Fsp3) is 0.158. The Bertz CT molecular complexity index is 845. The third-order valence-electron chi connectivity index (χ3n) is 3.83. The Balaban J connectivity index is 1.79. The highest BCUT2D eigenvalue weighted by molar-refractivity contribution is 9.10. The van der Waals surface area contributed by atoms with E-state index in [0.717, 1.165) is 15.8 Å². The van der Waals surface area contributed by atoms with Crippen molar-refractivity contribution in [2.75, 3.05) is 16.4 Å². The van der Waals surface area contributed by atoms with Crippen LogP contribution in [0.3, 0.4) is 0 Å². The monoisotopic (exact) mass is 397 g/mol. The van der Waals surface area contributed by atoms with Crippen molar-refractivity contribution < 1.29 is 0 Å². The SMILES string of the molecule is CC(C)c1ccc(Nc2ncnc(Nc3ccc(Br)cc3)c2N)cc1. The van der Waals surface area contributed by atoms with Crippen molar-refractivity contribution in [2.45, 2.75) is 19.8 Å². The Morgan fingerprint density at radius 3 is 1.80 bits per heavy atom. The van der Waals surface area contributed by atoms with E-state index in [9.17, 15) is 0 Å². The molecule has 0 aliphatic rings. The van der Waals surface area contributed by atoms with Gasteiger partial charge in [0.1, 0.15) is 12.0 Å². The topological polar surface area (TPSA) is 75.9 Å². The molecule has 1 heterocycles. The maximum atomic E-state index is 6.23. The van der Waals surface area contributed by atoms with E-state index in [2.05, 4.69) is 62.5 Å². The molecule has 0 bridgehead atoms. The van der Waals surface area contributed by atoms with Crippen LogP contribution in [0.2, 0.25) is 0 Å². The maximum Gasteiger partial charge on any atom is 0.159 e. The van der Waals surface area contributed by atoms with Gasteiger partial charge < -0.3 is 16.4 Å². The number of nitrogens with two attached hydrogens (primary N) is 1. The van der Waals surface area contributed by atoms with Crippen LogP contribution >= 0.6 is 15.9 Å². The average Bonchev–Trinajstić information content (AvgIpc) is 2.61. The van der Waals surface area contributed by atoms with Crippen molar-refractivity contribution in [3.63, 3.8) is 0 Å². The Kier molecular flexibility index (Phi) is 5.19. The molecule has 1 aromatic heterocycles. The van der Waals surface area contributed by atoms with E-state index in [1.54, 1.807) is 0 Å². The summed E-state index contributed by atoms with van der Waals surface area (Å²) in [6.07, 6.45) is 1.49. The molecule has 0 amide bonds. The first-order valence-corrected chi connectivity index (χ1v) is 8.82. The van der Waals surface area contributed by atoms with Crippen LogP contribution in [0.5, 0.6) is 0 Å². The zero-order chi connectivity index (χ0) is 17.8. The van der Waals surface area contributed by atoms with Gasteiger partial charge in [-0.2, -0.15) is 0 Å². The minimum absolute atomic E-state index is 0.471. The third-order valence-corrected chi connectivity index (χ3v) is 4.36. The molecule has 2 aromatic carbocycles. The second-order valence-corrected chi connectivity index (χ2v) is 6.93. The number of hydrogen-bond acceptors (Lipinski definition) is 5. The first-order valence-electron chi connectivity index (χ1n) is 8.03. The van der Waals surface area contributed by atoms with E-state index in [1.165, 1.54) is 11.9 Å². The molecule has 0 saturated heterocycles. The molecule has 25 heavy (non-hydrogen) atoms. The Labute approximate surface area is 155 Å². The highest BCUT2D eigenvalue weighted by Crippen LogP contribution is 2.29. The summed E-state index contributed by atoms with van der Waals surface area (Å²) in [6, 6.07) is 16.1. The first-order chi connectivity index (χ1) is 12.0.